The van der Waals surface area contributed by atoms with Crippen LogP contribution in [0, 0.1) is 0 Å². The van der Waals surface area contributed by atoms with E-state index in [0.717, 1.165) is 31.2 Å². The molecule has 1 fully saturated rings. The summed E-state index contributed by atoms with van der Waals surface area (Å²) in [6.45, 7) is -0.146. The van der Waals surface area contributed by atoms with Gasteiger partial charge in [-0.3, -0.25) is 9.59 Å². The van der Waals surface area contributed by atoms with E-state index in [-0.39, 0.29) is 31.0 Å². The average molecular weight is 570 g/mol. The Balaban J connectivity index is 1.64. The number of rotatable bonds is 11. The van der Waals surface area contributed by atoms with Crippen LogP contribution in [-0.2, 0) is 22.6 Å². The lowest BCUT2D eigenvalue weighted by Crippen LogP contribution is -2.53. The van der Waals surface area contributed by atoms with Gasteiger partial charge >= 0.3 is 0 Å². The van der Waals surface area contributed by atoms with Crippen LogP contribution in [0.15, 0.2) is 72.8 Å². The molecule has 1 N–H and O–H groups in total. The van der Waals surface area contributed by atoms with Crippen molar-refractivity contribution >= 4 is 35.0 Å². The van der Waals surface area contributed by atoms with Crippen molar-refractivity contribution in [2.45, 2.75) is 57.2 Å². The third kappa shape index (κ3) is 8.13. The smallest absolute Gasteiger partial charge is 0.261 e. The first-order valence-corrected chi connectivity index (χ1v) is 14.0. The minimum Gasteiger partial charge on any atom is -0.493 e. The van der Waals surface area contributed by atoms with Gasteiger partial charge in [0.1, 0.15) is 6.04 Å². The van der Waals surface area contributed by atoms with Gasteiger partial charge in [-0.15, -0.1) is 0 Å². The van der Waals surface area contributed by atoms with E-state index in [2.05, 4.69) is 5.32 Å². The molecular formula is C31H34Cl2N2O4. The van der Waals surface area contributed by atoms with Gasteiger partial charge in [0.25, 0.3) is 5.91 Å². The first-order valence-electron chi connectivity index (χ1n) is 13.3. The maximum absolute atomic E-state index is 13.8. The lowest BCUT2D eigenvalue weighted by atomic mass is 9.94. The van der Waals surface area contributed by atoms with Gasteiger partial charge < -0.3 is 19.7 Å². The Bertz CT molecular complexity index is 1250. The molecule has 0 aromatic heterocycles. The highest BCUT2D eigenvalue weighted by atomic mass is 35.5. The highest BCUT2D eigenvalue weighted by Crippen LogP contribution is 2.27. The van der Waals surface area contributed by atoms with Gasteiger partial charge in [0.2, 0.25) is 5.91 Å². The highest BCUT2D eigenvalue weighted by molar-refractivity contribution is 6.35. The van der Waals surface area contributed by atoms with Gasteiger partial charge in [-0.25, -0.2) is 0 Å². The van der Waals surface area contributed by atoms with Gasteiger partial charge in [0, 0.05) is 29.1 Å². The standard InChI is InChI=1S/C31H34Cl2N2O4/c1-38-28-14-8-9-15-29(28)39-21-30(36)35(20-23-16-17-24(32)19-26(23)33)27(18-22-10-4-2-5-11-22)31(37)34-25-12-6-3-7-13-25/h2,4-5,8-11,14-17,19,25,27H,3,6-7,12-13,18,20-21H2,1H3,(H,34,37). The van der Waals surface area contributed by atoms with E-state index in [4.69, 9.17) is 32.7 Å². The fraction of sp³-hybridized carbons (Fsp3) is 0.355. The van der Waals surface area contributed by atoms with Crippen LogP contribution in [0.3, 0.4) is 0 Å². The summed E-state index contributed by atoms with van der Waals surface area (Å²) < 4.78 is 11.3. The number of nitrogens with one attached hydrogen (secondary N) is 1. The zero-order chi connectivity index (χ0) is 27.6. The van der Waals surface area contributed by atoms with Crippen LogP contribution in [0.1, 0.15) is 43.2 Å². The van der Waals surface area contributed by atoms with E-state index in [9.17, 15) is 9.59 Å². The molecule has 206 valence electrons. The number of halogens is 2. The second-order valence-corrected chi connectivity index (χ2v) is 10.6. The average Bonchev–Trinajstić information content (AvgIpc) is 2.95. The fourth-order valence-electron chi connectivity index (χ4n) is 4.89. The molecule has 0 spiro atoms. The van der Waals surface area contributed by atoms with Gasteiger partial charge in [0.05, 0.1) is 7.11 Å². The molecule has 0 aliphatic heterocycles. The maximum Gasteiger partial charge on any atom is 0.261 e. The molecule has 1 saturated carbocycles. The van der Waals surface area contributed by atoms with Crippen molar-refractivity contribution in [2.24, 2.45) is 0 Å². The number of hydrogen-bond acceptors (Lipinski definition) is 4. The molecule has 6 nitrogen and oxygen atoms in total. The number of carbonyl (C=O) groups is 2. The lowest BCUT2D eigenvalue weighted by molar-refractivity contribution is -0.143. The molecule has 3 aromatic rings. The van der Waals surface area contributed by atoms with E-state index in [1.807, 2.05) is 42.5 Å². The third-order valence-electron chi connectivity index (χ3n) is 7.00. The molecule has 3 aromatic carbocycles. The highest BCUT2D eigenvalue weighted by Gasteiger charge is 2.32. The quantitative estimate of drug-likeness (QED) is 0.288. The molecule has 0 saturated heterocycles. The molecule has 0 bridgehead atoms. The minimum atomic E-state index is -0.769. The summed E-state index contributed by atoms with van der Waals surface area (Å²) in [6, 6.07) is 21.3. The van der Waals surface area contributed by atoms with Crippen LogP contribution >= 0.6 is 23.2 Å². The summed E-state index contributed by atoms with van der Waals surface area (Å²) in [6.07, 6.45) is 5.59. The number of methoxy groups -OCH3 is 1. The predicted octanol–water partition coefficient (Wildman–Crippen LogP) is 6.47. The number of ether oxygens (including phenoxy) is 2. The Labute approximate surface area is 240 Å². The molecule has 1 unspecified atom stereocenters. The maximum atomic E-state index is 13.8. The molecular weight excluding hydrogens is 535 g/mol. The number of para-hydroxylation sites is 2. The zero-order valence-corrected chi connectivity index (χ0v) is 23.6. The van der Waals surface area contributed by atoms with E-state index in [1.54, 1.807) is 42.3 Å². The minimum absolute atomic E-state index is 0.102. The largest absolute Gasteiger partial charge is 0.493 e. The molecule has 2 amide bonds. The van der Waals surface area contributed by atoms with Crippen LogP contribution in [0.4, 0.5) is 0 Å². The normalized spacial score (nSPS) is 14.3. The second-order valence-electron chi connectivity index (χ2n) is 9.75. The van der Waals surface area contributed by atoms with Crippen LogP contribution in [0.2, 0.25) is 10.0 Å². The Hall–Kier alpha value is -3.22. The van der Waals surface area contributed by atoms with Gasteiger partial charge in [-0.2, -0.15) is 0 Å². The fourth-order valence-corrected chi connectivity index (χ4v) is 5.36. The number of hydrogen-bond donors (Lipinski definition) is 1. The topological polar surface area (TPSA) is 67.9 Å². The predicted molar refractivity (Wildman–Crippen MR) is 154 cm³/mol. The van der Waals surface area contributed by atoms with E-state index in [0.29, 0.717) is 33.5 Å². The lowest BCUT2D eigenvalue weighted by Gasteiger charge is -2.33. The van der Waals surface area contributed by atoms with Gasteiger partial charge in [0.15, 0.2) is 18.1 Å². The van der Waals surface area contributed by atoms with Crippen LogP contribution in [-0.4, -0.2) is 42.5 Å². The summed E-state index contributed by atoms with van der Waals surface area (Å²) in [5.74, 6) is 0.450. The Kier molecular flexibility index (Phi) is 10.5. The molecule has 1 atom stereocenters. The van der Waals surface area contributed by atoms with Crippen molar-refractivity contribution in [1.82, 2.24) is 10.2 Å². The number of nitrogens with zero attached hydrogens (tertiary/aromatic N) is 1. The molecule has 0 heterocycles. The number of benzene rings is 3. The molecule has 8 heteroatoms. The monoisotopic (exact) mass is 568 g/mol. The van der Waals surface area contributed by atoms with Crippen molar-refractivity contribution in [3.8, 4) is 11.5 Å². The third-order valence-corrected chi connectivity index (χ3v) is 7.59. The first kappa shape index (κ1) is 28.8. The zero-order valence-electron chi connectivity index (χ0n) is 22.1. The summed E-state index contributed by atoms with van der Waals surface area (Å²) in [4.78, 5) is 29.2. The van der Waals surface area contributed by atoms with Crippen molar-refractivity contribution in [3.63, 3.8) is 0 Å². The van der Waals surface area contributed by atoms with E-state index >= 15 is 0 Å². The SMILES string of the molecule is COc1ccccc1OCC(=O)N(Cc1ccc(Cl)cc1Cl)C(Cc1ccccc1)C(=O)NC1CCCCC1. The summed E-state index contributed by atoms with van der Waals surface area (Å²) in [5.41, 5.74) is 1.64. The Morgan fingerprint density at radius 3 is 2.33 bits per heavy atom. The molecule has 1 aliphatic carbocycles. The number of carbonyl (C=O) groups excluding carboxylic acids is 2. The van der Waals surface area contributed by atoms with Crippen LogP contribution in [0.25, 0.3) is 0 Å². The molecule has 0 radical (unpaired) electrons. The Morgan fingerprint density at radius 1 is 0.949 bits per heavy atom. The Morgan fingerprint density at radius 2 is 1.64 bits per heavy atom. The van der Waals surface area contributed by atoms with Crippen LogP contribution < -0.4 is 14.8 Å². The molecule has 1 aliphatic rings. The van der Waals surface area contributed by atoms with Crippen molar-refractivity contribution in [2.75, 3.05) is 13.7 Å². The molecule has 39 heavy (non-hydrogen) atoms. The molecule has 4 rings (SSSR count). The summed E-state index contributed by atoms with van der Waals surface area (Å²) in [5, 5.41) is 4.15. The summed E-state index contributed by atoms with van der Waals surface area (Å²) in [7, 11) is 1.55. The van der Waals surface area contributed by atoms with Gasteiger partial charge in [-0.05, 0) is 48.2 Å². The summed E-state index contributed by atoms with van der Waals surface area (Å²) >= 11 is 12.7. The first-order chi connectivity index (χ1) is 18.9. The van der Waals surface area contributed by atoms with Crippen LogP contribution in [0.5, 0.6) is 11.5 Å². The van der Waals surface area contributed by atoms with Gasteiger partial charge in [-0.1, -0.05) is 91.0 Å². The van der Waals surface area contributed by atoms with Crippen molar-refractivity contribution in [3.05, 3.63) is 94.0 Å². The second kappa shape index (κ2) is 14.2. The van der Waals surface area contributed by atoms with Crippen molar-refractivity contribution in [1.29, 1.82) is 0 Å². The van der Waals surface area contributed by atoms with E-state index in [1.165, 1.54) is 6.42 Å². The number of amides is 2. The van der Waals surface area contributed by atoms with Crippen molar-refractivity contribution < 1.29 is 19.1 Å². The van der Waals surface area contributed by atoms with E-state index < -0.39 is 6.04 Å².